The van der Waals surface area contributed by atoms with Crippen LogP contribution in [0.4, 0.5) is 5.13 Å². The first-order valence-corrected chi connectivity index (χ1v) is 14.3. The molecule has 2 aromatic rings. The first kappa shape index (κ1) is 26.4. The van der Waals surface area contributed by atoms with Crippen molar-refractivity contribution in [3.05, 3.63) is 50.6 Å². The fraction of sp³-hybridized carbons (Fsp3) is 0.350. The molecule has 36 heavy (non-hydrogen) atoms. The maximum atomic E-state index is 13.0. The van der Waals surface area contributed by atoms with Gasteiger partial charge in [0.25, 0.3) is 11.8 Å². The number of nitrogen functional groups attached to an aromatic ring is 1. The first-order valence-electron chi connectivity index (χ1n) is 10.5. The number of rotatable bonds is 10. The highest BCUT2D eigenvalue weighted by atomic mass is 32.2. The largest absolute Gasteiger partial charge is 0.477 e. The van der Waals surface area contributed by atoms with Crippen LogP contribution in [0.1, 0.15) is 29.6 Å². The Morgan fingerprint density at radius 2 is 2.22 bits per heavy atom. The molecule has 2 aliphatic heterocycles. The third kappa shape index (κ3) is 5.08. The van der Waals surface area contributed by atoms with Gasteiger partial charge in [-0.1, -0.05) is 18.7 Å². The van der Waals surface area contributed by atoms with Crippen LogP contribution in [-0.4, -0.2) is 60.7 Å². The number of aromatic nitrogens is 2. The Hall–Kier alpha value is -2.66. The van der Waals surface area contributed by atoms with Gasteiger partial charge in [-0.15, -0.1) is 39.8 Å². The van der Waals surface area contributed by atoms with Gasteiger partial charge >= 0.3 is 5.97 Å². The topological polar surface area (TPSA) is 194 Å². The minimum absolute atomic E-state index is 0.0855. The zero-order chi connectivity index (χ0) is 26.0. The lowest BCUT2D eigenvalue weighted by atomic mass is 10.0. The Kier molecular flexibility index (Phi) is 8.19. The van der Waals surface area contributed by atoms with Gasteiger partial charge in [-0.25, -0.2) is 9.78 Å². The van der Waals surface area contributed by atoms with Crippen molar-refractivity contribution >= 4 is 69.5 Å². The number of hydrogen-bond donors (Lipinski definition) is 4. The number of pyridine rings is 1. The smallest absolute Gasteiger partial charge is 0.353 e. The molecule has 0 aromatic carbocycles. The number of thioether (sulfide) groups is 3. The van der Waals surface area contributed by atoms with Gasteiger partial charge in [0.2, 0.25) is 6.04 Å². The number of nitrogens with two attached hydrogens (primary N) is 2. The van der Waals surface area contributed by atoms with Crippen molar-refractivity contribution in [2.75, 3.05) is 17.2 Å². The van der Waals surface area contributed by atoms with Crippen LogP contribution in [-0.2, 0) is 14.4 Å². The van der Waals surface area contributed by atoms with Crippen LogP contribution in [0.15, 0.2) is 44.5 Å². The fourth-order valence-corrected chi connectivity index (χ4v) is 7.66. The second-order valence-corrected chi connectivity index (χ2v) is 12.0. The number of carboxylic acid groups (broad SMARTS) is 1. The zero-order valence-electron chi connectivity index (χ0n) is 18.7. The molecule has 2 aliphatic rings. The Bertz CT molecular complexity index is 1240. The van der Waals surface area contributed by atoms with Crippen molar-refractivity contribution in [1.29, 1.82) is 0 Å². The maximum absolute atomic E-state index is 13.0. The van der Waals surface area contributed by atoms with Gasteiger partial charge in [0, 0.05) is 38.9 Å². The van der Waals surface area contributed by atoms with E-state index in [9.17, 15) is 24.4 Å². The molecule has 6 N–H and O–H groups in total. The summed E-state index contributed by atoms with van der Waals surface area (Å²) >= 11 is 5.13. The molecule has 4 heterocycles. The lowest BCUT2D eigenvalue weighted by Crippen LogP contribution is -2.70. The summed E-state index contributed by atoms with van der Waals surface area (Å²) in [5.74, 6) is -1.56. The number of carbonyl (C=O) groups excluding carboxylic acids is 2. The number of carboxylic acids is 1. The molecular formula is C20H21N7O5S4. The molecule has 4 rings (SSSR count). The Balaban J connectivity index is 1.54. The normalized spacial score (nSPS) is 20.8. The van der Waals surface area contributed by atoms with Gasteiger partial charge in [-0.3, -0.25) is 19.5 Å². The van der Waals surface area contributed by atoms with Gasteiger partial charge in [-0.2, -0.15) is 0 Å². The summed E-state index contributed by atoms with van der Waals surface area (Å²) in [4.78, 5) is 59.6. The number of nitrogens with zero attached hydrogens (tertiary/aromatic N) is 4. The Morgan fingerprint density at radius 3 is 2.86 bits per heavy atom. The van der Waals surface area contributed by atoms with Gasteiger partial charge in [0.15, 0.2) is 5.13 Å². The molecule has 2 aromatic heterocycles. The highest BCUT2D eigenvalue weighted by molar-refractivity contribution is 8.06. The minimum Gasteiger partial charge on any atom is -0.477 e. The van der Waals surface area contributed by atoms with Crippen LogP contribution in [0.2, 0.25) is 0 Å². The molecule has 0 saturated carbocycles. The van der Waals surface area contributed by atoms with E-state index in [2.05, 4.69) is 20.5 Å². The number of amides is 2. The summed E-state index contributed by atoms with van der Waals surface area (Å²) in [6, 6.07) is -0.711. The molecule has 16 heteroatoms. The predicted molar refractivity (Wildman–Crippen MR) is 140 cm³/mol. The van der Waals surface area contributed by atoms with Crippen molar-refractivity contribution in [1.82, 2.24) is 20.2 Å². The second-order valence-electron chi connectivity index (χ2n) is 7.48. The first-order chi connectivity index (χ1) is 17.3. The number of aliphatic carboxylic acids is 1. The van der Waals surface area contributed by atoms with E-state index in [0.29, 0.717) is 10.7 Å². The van der Waals surface area contributed by atoms with E-state index in [-0.39, 0.29) is 21.9 Å². The molecule has 0 spiro atoms. The van der Waals surface area contributed by atoms with Crippen molar-refractivity contribution in [3.8, 4) is 0 Å². The van der Waals surface area contributed by atoms with E-state index in [0.717, 1.165) is 32.4 Å². The molecule has 2 unspecified atom stereocenters. The number of thiazole rings is 1. The van der Waals surface area contributed by atoms with Crippen LogP contribution in [0.3, 0.4) is 0 Å². The standard InChI is InChI=1S/C20H21N7O5S4/c1-2-33-15(21)8-5-23-4-3-10(8)36-11-7-34-18-13(17(29)27(18)14(11)19(30)31)25-16(28)12(26-32)9-6-35-20(22)24-9/h3-6,12-13,15,18H,2,7,21H2,1H3,(H2,22,24)(H,25,28)(H,30,31)/t12?,13-,15?,18+/m1/s1. The quantitative estimate of drug-likeness (QED) is 0.186. The van der Waals surface area contributed by atoms with Crippen molar-refractivity contribution in [2.45, 2.75) is 34.7 Å². The molecule has 0 radical (unpaired) electrons. The molecule has 1 fully saturated rings. The maximum Gasteiger partial charge on any atom is 0.353 e. The van der Waals surface area contributed by atoms with Crippen LogP contribution in [0, 0.1) is 4.91 Å². The number of nitrogens with one attached hydrogen (secondary N) is 1. The number of carbonyl (C=O) groups is 3. The van der Waals surface area contributed by atoms with E-state index in [1.807, 2.05) is 6.92 Å². The molecule has 4 atom stereocenters. The van der Waals surface area contributed by atoms with Crippen molar-refractivity contribution in [2.24, 2.45) is 10.9 Å². The van der Waals surface area contributed by atoms with Crippen LogP contribution in [0.25, 0.3) is 0 Å². The van der Waals surface area contributed by atoms with E-state index < -0.39 is 35.2 Å². The molecule has 1 saturated heterocycles. The van der Waals surface area contributed by atoms with Crippen molar-refractivity contribution in [3.63, 3.8) is 0 Å². The molecule has 2 amide bonds. The monoisotopic (exact) mass is 567 g/mol. The summed E-state index contributed by atoms with van der Waals surface area (Å²) < 4.78 is 0. The number of nitroso groups, excluding NO2 is 1. The van der Waals surface area contributed by atoms with E-state index >= 15 is 0 Å². The average Bonchev–Trinajstić information content (AvgIpc) is 3.28. The predicted octanol–water partition coefficient (Wildman–Crippen LogP) is 2.13. The Labute approximate surface area is 222 Å². The van der Waals surface area contributed by atoms with Gasteiger partial charge < -0.3 is 21.9 Å². The Morgan fingerprint density at radius 1 is 1.44 bits per heavy atom. The second kappa shape index (κ2) is 11.2. The minimum atomic E-state index is -1.47. The van der Waals surface area contributed by atoms with E-state index in [4.69, 9.17) is 11.5 Å². The average molecular weight is 568 g/mol. The van der Waals surface area contributed by atoms with E-state index in [1.165, 1.54) is 40.7 Å². The third-order valence-electron chi connectivity index (χ3n) is 5.30. The molecule has 12 nitrogen and oxygen atoms in total. The van der Waals surface area contributed by atoms with Crippen LogP contribution < -0.4 is 16.8 Å². The summed E-state index contributed by atoms with van der Waals surface area (Å²) in [7, 11) is 0. The van der Waals surface area contributed by atoms with Crippen LogP contribution >= 0.6 is 46.6 Å². The summed E-state index contributed by atoms with van der Waals surface area (Å²) in [5.41, 5.74) is 12.5. The molecule has 190 valence electrons. The highest BCUT2D eigenvalue weighted by Crippen LogP contribution is 2.46. The van der Waals surface area contributed by atoms with Gasteiger partial charge in [0.05, 0.1) is 11.1 Å². The number of anilines is 1. The summed E-state index contributed by atoms with van der Waals surface area (Å²) in [6.07, 6.45) is 3.26. The fourth-order valence-electron chi connectivity index (χ4n) is 3.67. The lowest BCUT2D eigenvalue weighted by Gasteiger charge is -2.49. The molecule has 0 bridgehead atoms. The van der Waals surface area contributed by atoms with Gasteiger partial charge in [-0.05, 0) is 17.0 Å². The molecule has 0 aliphatic carbocycles. The number of hydrogen-bond acceptors (Lipinski definition) is 13. The van der Waals surface area contributed by atoms with Crippen molar-refractivity contribution < 1.29 is 19.5 Å². The summed E-state index contributed by atoms with van der Waals surface area (Å²) in [6.45, 7) is 1.99. The molecular weight excluding hydrogens is 547 g/mol. The van der Waals surface area contributed by atoms with Crippen LogP contribution in [0.5, 0.6) is 0 Å². The van der Waals surface area contributed by atoms with Gasteiger partial charge in [0.1, 0.15) is 17.1 Å². The highest BCUT2D eigenvalue weighted by Gasteiger charge is 2.54. The summed E-state index contributed by atoms with van der Waals surface area (Å²) in [5, 5.41) is 15.9. The third-order valence-corrected chi connectivity index (χ3v) is 9.58. The zero-order valence-corrected chi connectivity index (χ0v) is 22.0. The number of fused-ring (bicyclic) bond motifs is 1. The van der Waals surface area contributed by atoms with E-state index in [1.54, 1.807) is 18.5 Å². The number of β-lactam (4-membered cyclic amide) rings is 1. The lowest BCUT2D eigenvalue weighted by molar-refractivity contribution is -0.150. The SMILES string of the molecule is CCSC(N)c1cnccc1SC1=C(C(=O)O)N2C(=O)[C@@H](NC(=O)C(N=O)c3csc(N)n3)[C@@H]2SC1.